The summed E-state index contributed by atoms with van der Waals surface area (Å²) in [7, 11) is 0. The summed E-state index contributed by atoms with van der Waals surface area (Å²) in [6.45, 7) is 8.97. The Morgan fingerprint density at radius 2 is 2.14 bits per heavy atom. The molecule has 164 valence electrons. The Morgan fingerprint density at radius 1 is 1.28 bits per heavy atom. The monoisotopic (exact) mass is 517 g/mol. The largest absolute Gasteiger partial charge is 0.379 e. The molecule has 1 aromatic rings. The number of ether oxygens (including phenoxy) is 2. The smallest absolute Gasteiger partial charge is 0.191 e. The minimum atomic E-state index is 0. The predicted octanol–water partition coefficient (Wildman–Crippen LogP) is 2.94. The van der Waals surface area contributed by atoms with E-state index in [9.17, 15) is 0 Å². The molecule has 1 atom stereocenters. The summed E-state index contributed by atoms with van der Waals surface area (Å²) in [5.74, 6) is 1.92. The van der Waals surface area contributed by atoms with Gasteiger partial charge in [0.2, 0.25) is 0 Å². The number of anilines is 1. The van der Waals surface area contributed by atoms with Crippen LogP contribution in [0.3, 0.4) is 0 Å². The van der Waals surface area contributed by atoms with Crippen molar-refractivity contribution >= 4 is 35.8 Å². The lowest BCUT2D eigenvalue weighted by Gasteiger charge is -2.16. The molecule has 0 aliphatic carbocycles. The van der Waals surface area contributed by atoms with Crippen LogP contribution in [0.15, 0.2) is 23.3 Å². The summed E-state index contributed by atoms with van der Waals surface area (Å²) in [4.78, 5) is 11.6. The number of aromatic nitrogens is 1. The van der Waals surface area contributed by atoms with Gasteiger partial charge in [-0.05, 0) is 50.7 Å². The fourth-order valence-electron chi connectivity index (χ4n) is 3.53. The van der Waals surface area contributed by atoms with Crippen LogP contribution in [-0.2, 0) is 16.0 Å². The highest BCUT2D eigenvalue weighted by atomic mass is 127. The van der Waals surface area contributed by atoms with Crippen LogP contribution in [0.2, 0.25) is 0 Å². The van der Waals surface area contributed by atoms with E-state index < -0.39 is 0 Å². The van der Waals surface area contributed by atoms with Crippen molar-refractivity contribution in [1.29, 1.82) is 0 Å². The van der Waals surface area contributed by atoms with Crippen molar-refractivity contribution in [2.24, 2.45) is 4.99 Å². The van der Waals surface area contributed by atoms with E-state index in [1.807, 2.05) is 6.20 Å². The molecule has 3 heterocycles. The van der Waals surface area contributed by atoms with E-state index in [4.69, 9.17) is 9.47 Å². The summed E-state index contributed by atoms with van der Waals surface area (Å²) in [5.41, 5.74) is 1.13. The molecule has 2 saturated heterocycles. The van der Waals surface area contributed by atoms with Gasteiger partial charge in [0.05, 0.1) is 19.3 Å². The molecular formula is C21H36IN5O2. The standard InChI is InChI=1S/C21H35N5O2.HI/c1-2-22-21(23-10-6-13-27-17-19-7-5-14-28-19)25-16-18-8-9-20(24-15-18)26-11-3-4-12-26;/h8-9,15,19H,2-7,10-14,16-17H2,1H3,(H2,22,23,25);1H. The third-order valence-corrected chi connectivity index (χ3v) is 5.09. The Bertz CT molecular complexity index is 587. The van der Waals surface area contributed by atoms with Gasteiger partial charge in [0, 0.05) is 45.6 Å². The summed E-state index contributed by atoms with van der Waals surface area (Å²) < 4.78 is 11.3. The molecule has 29 heavy (non-hydrogen) atoms. The zero-order valence-corrected chi connectivity index (χ0v) is 19.9. The number of aliphatic imine (C=N–C) groups is 1. The topological polar surface area (TPSA) is 71.0 Å². The van der Waals surface area contributed by atoms with Crippen molar-refractivity contribution in [2.45, 2.75) is 51.7 Å². The molecule has 2 fully saturated rings. The van der Waals surface area contributed by atoms with Crippen LogP contribution in [0.4, 0.5) is 5.82 Å². The molecule has 1 unspecified atom stereocenters. The molecule has 3 rings (SSSR count). The Kier molecular flexibility index (Phi) is 11.6. The third-order valence-electron chi connectivity index (χ3n) is 5.09. The SMILES string of the molecule is CCNC(=NCc1ccc(N2CCCC2)nc1)NCCCOCC1CCCO1.I. The Morgan fingerprint density at radius 3 is 2.83 bits per heavy atom. The van der Waals surface area contributed by atoms with Crippen LogP contribution in [0.1, 0.15) is 44.6 Å². The molecule has 2 aliphatic rings. The van der Waals surface area contributed by atoms with Gasteiger partial charge < -0.3 is 25.0 Å². The van der Waals surface area contributed by atoms with E-state index in [-0.39, 0.29) is 24.0 Å². The fourth-order valence-corrected chi connectivity index (χ4v) is 3.53. The molecule has 0 bridgehead atoms. The molecule has 0 saturated carbocycles. The maximum atomic E-state index is 5.70. The molecule has 0 spiro atoms. The third kappa shape index (κ3) is 8.64. The molecule has 2 N–H and O–H groups in total. The average Bonchev–Trinajstić information content (AvgIpc) is 3.43. The van der Waals surface area contributed by atoms with Gasteiger partial charge in [-0.2, -0.15) is 0 Å². The van der Waals surface area contributed by atoms with E-state index in [1.165, 1.54) is 12.8 Å². The Labute approximate surface area is 192 Å². The summed E-state index contributed by atoms with van der Waals surface area (Å²) in [5, 5.41) is 6.67. The molecule has 0 amide bonds. The van der Waals surface area contributed by atoms with Crippen molar-refractivity contribution in [3.63, 3.8) is 0 Å². The van der Waals surface area contributed by atoms with Crippen molar-refractivity contribution in [3.05, 3.63) is 23.9 Å². The number of rotatable bonds is 10. The zero-order chi connectivity index (χ0) is 19.4. The van der Waals surface area contributed by atoms with Crippen LogP contribution in [-0.4, -0.2) is 63.0 Å². The molecule has 8 heteroatoms. The maximum Gasteiger partial charge on any atom is 0.191 e. The predicted molar refractivity (Wildman–Crippen MR) is 128 cm³/mol. The quantitative estimate of drug-likeness (QED) is 0.215. The fraction of sp³-hybridized carbons (Fsp3) is 0.714. The van der Waals surface area contributed by atoms with Gasteiger partial charge in [0.1, 0.15) is 5.82 Å². The zero-order valence-electron chi connectivity index (χ0n) is 17.6. The molecular weight excluding hydrogens is 481 g/mol. The lowest BCUT2D eigenvalue weighted by atomic mass is 10.2. The summed E-state index contributed by atoms with van der Waals surface area (Å²) in [6, 6.07) is 4.24. The van der Waals surface area contributed by atoms with Gasteiger partial charge in [-0.3, -0.25) is 0 Å². The van der Waals surface area contributed by atoms with Crippen LogP contribution >= 0.6 is 24.0 Å². The van der Waals surface area contributed by atoms with Gasteiger partial charge in [0.15, 0.2) is 5.96 Å². The number of halogens is 1. The minimum absolute atomic E-state index is 0. The number of nitrogens with zero attached hydrogens (tertiary/aromatic N) is 3. The lowest BCUT2D eigenvalue weighted by Crippen LogP contribution is -2.38. The lowest BCUT2D eigenvalue weighted by molar-refractivity contribution is 0.0168. The number of hydrogen-bond donors (Lipinski definition) is 2. The summed E-state index contributed by atoms with van der Waals surface area (Å²) in [6.07, 6.45) is 8.02. The highest BCUT2D eigenvalue weighted by molar-refractivity contribution is 14.0. The molecule has 1 aromatic heterocycles. The molecule has 2 aliphatic heterocycles. The van der Waals surface area contributed by atoms with E-state index in [0.717, 1.165) is 76.0 Å². The van der Waals surface area contributed by atoms with Gasteiger partial charge in [-0.15, -0.1) is 24.0 Å². The van der Waals surface area contributed by atoms with Crippen LogP contribution in [0.5, 0.6) is 0 Å². The van der Waals surface area contributed by atoms with Crippen LogP contribution in [0, 0.1) is 0 Å². The minimum Gasteiger partial charge on any atom is -0.379 e. The van der Waals surface area contributed by atoms with Crippen molar-refractivity contribution < 1.29 is 9.47 Å². The molecule has 7 nitrogen and oxygen atoms in total. The molecule has 0 radical (unpaired) electrons. The summed E-state index contributed by atoms with van der Waals surface area (Å²) >= 11 is 0. The van der Waals surface area contributed by atoms with Crippen LogP contribution in [0.25, 0.3) is 0 Å². The highest BCUT2D eigenvalue weighted by Gasteiger charge is 2.15. The van der Waals surface area contributed by atoms with Crippen LogP contribution < -0.4 is 15.5 Å². The van der Waals surface area contributed by atoms with E-state index in [1.54, 1.807) is 0 Å². The van der Waals surface area contributed by atoms with Crippen molar-refractivity contribution in [3.8, 4) is 0 Å². The second kappa shape index (κ2) is 14.0. The van der Waals surface area contributed by atoms with Gasteiger partial charge in [-0.25, -0.2) is 9.98 Å². The number of pyridine rings is 1. The Balaban J connectivity index is 0.00000300. The number of guanidine groups is 1. The first-order chi connectivity index (χ1) is 13.8. The Hall–Kier alpha value is -1.13. The van der Waals surface area contributed by atoms with Crippen molar-refractivity contribution in [1.82, 2.24) is 15.6 Å². The second-order valence-corrected chi connectivity index (χ2v) is 7.40. The normalized spacial score (nSPS) is 19.3. The van der Waals surface area contributed by atoms with E-state index in [2.05, 4.69) is 44.6 Å². The first-order valence-electron chi connectivity index (χ1n) is 10.8. The second-order valence-electron chi connectivity index (χ2n) is 7.40. The van der Waals surface area contributed by atoms with Gasteiger partial charge in [0.25, 0.3) is 0 Å². The van der Waals surface area contributed by atoms with E-state index >= 15 is 0 Å². The van der Waals surface area contributed by atoms with Crippen molar-refractivity contribution in [2.75, 3.05) is 50.9 Å². The van der Waals surface area contributed by atoms with Gasteiger partial charge in [-0.1, -0.05) is 6.07 Å². The van der Waals surface area contributed by atoms with Gasteiger partial charge >= 0.3 is 0 Å². The highest BCUT2D eigenvalue weighted by Crippen LogP contribution is 2.17. The number of hydrogen-bond acceptors (Lipinski definition) is 5. The average molecular weight is 517 g/mol. The molecule has 0 aromatic carbocycles. The maximum absolute atomic E-state index is 5.70. The first-order valence-corrected chi connectivity index (χ1v) is 10.8. The van der Waals surface area contributed by atoms with E-state index in [0.29, 0.717) is 19.3 Å². The first kappa shape index (κ1) is 24.1. The number of nitrogens with one attached hydrogen (secondary N) is 2.